The van der Waals surface area contributed by atoms with Crippen LogP contribution in [0.3, 0.4) is 0 Å². The number of hydrogen-bond donors (Lipinski definition) is 1. The number of ether oxygens (including phenoxy) is 1. The Hall–Kier alpha value is -2.36. The van der Waals surface area contributed by atoms with Crippen molar-refractivity contribution in [3.8, 4) is 11.8 Å². The van der Waals surface area contributed by atoms with Crippen molar-refractivity contribution in [1.82, 2.24) is 15.3 Å². The first kappa shape index (κ1) is 22.3. The zero-order valence-electron chi connectivity index (χ0n) is 17.5. The molecule has 0 aliphatic heterocycles. The Morgan fingerprint density at radius 2 is 1.87 bits per heavy atom. The maximum Gasteiger partial charge on any atom is 0.254 e. The van der Waals surface area contributed by atoms with Crippen LogP contribution in [0.15, 0.2) is 30.6 Å². The number of hydrogen-bond acceptors (Lipinski definition) is 5. The molecule has 3 rings (SSSR count). The van der Waals surface area contributed by atoms with Crippen LogP contribution in [0.2, 0.25) is 10.3 Å². The standard InChI is InChI=1S/C22H24Cl2N4O2/c1-12(2)22(5)18(28-17(29)14-10-26-20(24)27-11-14)21(3,4)19(22)30-15-7-6-13(9-25)16(23)8-15/h6-8,10-12,18-19H,1-5H3,(H,28,29). The number of nitrogens with one attached hydrogen (secondary N) is 1. The molecule has 158 valence electrons. The summed E-state index contributed by atoms with van der Waals surface area (Å²) in [5, 5.41) is 12.7. The predicted molar refractivity (Wildman–Crippen MR) is 116 cm³/mol. The Labute approximate surface area is 186 Å². The number of amides is 1. The maximum atomic E-state index is 12.8. The number of nitriles is 1. The summed E-state index contributed by atoms with van der Waals surface area (Å²) >= 11 is 11.9. The van der Waals surface area contributed by atoms with Gasteiger partial charge >= 0.3 is 0 Å². The van der Waals surface area contributed by atoms with Crippen LogP contribution in [0.5, 0.6) is 5.75 Å². The highest BCUT2D eigenvalue weighted by molar-refractivity contribution is 6.31. The Balaban J connectivity index is 1.86. The Kier molecular flexibility index (Phi) is 5.99. The highest BCUT2D eigenvalue weighted by atomic mass is 35.5. The van der Waals surface area contributed by atoms with Crippen LogP contribution in [-0.4, -0.2) is 28.0 Å². The minimum atomic E-state index is -0.359. The van der Waals surface area contributed by atoms with Gasteiger partial charge in [-0.2, -0.15) is 5.26 Å². The van der Waals surface area contributed by atoms with E-state index in [4.69, 9.17) is 33.2 Å². The van der Waals surface area contributed by atoms with Crippen molar-refractivity contribution in [3.63, 3.8) is 0 Å². The molecule has 1 saturated carbocycles. The fourth-order valence-electron chi connectivity index (χ4n) is 4.51. The molecule has 1 N–H and O–H groups in total. The fourth-order valence-corrected chi connectivity index (χ4v) is 4.82. The van der Waals surface area contributed by atoms with Crippen molar-refractivity contribution in [2.24, 2.45) is 16.7 Å². The molecular weight excluding hydrogens is 423 g/mol. The maximum absolute atomic E-state index is 12.8. The van der Waals surface area contributed by atoms with E-state index in [1.54, 1.807) is 18.2 Å². The third-order valence-electron chi connectivity index (χ3n) is 6.32. The number of carbonyl (C=O) groups excluding carboxylic acids is 1. The van der Waals surface area contributed by atoms with Crippen LogP contribution in [0.4, 0.5) is 0 Å². The lowest BCUT2D eigenvalue weighted by Crippen LogP contribution is -2.77. The number of rotatable bonds is 5. The van der Waals surface area contributed by atoms with E-state index < -0.39 is 0 Å². The fraction of sp³-hybridized carbons (Fsp3) is 0.455. The van der Waals surface area contributed by atoms with E-state index in [1.807, 2.05) is 6.07 Å². The molecule has 8 heteroatoms. The minimum Gasteiger partial charge on any atom is -0.489 e. The molecule has 1 aromatic heterocycles. The summed E-state index contributed by atoms with van der Waals surface area (Å²) in [6.45, 7) is 10.5. The van der Waals surface area contributed by atoms with E-state index in [2.05, 4.69) is 49.9 Å². The van der Waals surface area contributed by atoms with Crippen molar-refractivity contribution < 1.29 is 9.53 Å². The molecule has 1 heterocycles. The highest BCUT2D eigenvalue weighted by Crippen LogP contribution is 2.59. The first-order valence-electron chi connectivity index (χ1n) is 9.66. The van der Waals surface area contributed by atoms with Crippen molar-refractivity contribution >= 4 is 29.1 Å². The van der Waals surface area contributed by atoms with Gasteiger partial charge in [0.1, 0.15) is 17.9 Å². The van der Waals surface area contributed by atoms with E-state index in [0.717, 1.165) is 0 Å². The predicted octanol–water partition coefficient (Wildman–Crippen LogP) is 4.90. The number of nitrogens with zero attached hydrogens (tertiary/aromatic N) is 3. The van der Waals surface area contributed by atoms with Crippen LogP contribution < -0.4 is 10.1 Å². The summed E-state index contributed by atoms with van der Waals surface area (Å²) in [7, 11) is 0. The monoisotopic (exact) mass is 446 g/mol. The molecule has 1 aliphatic carbocycles. The van der Waals surface area contributed by atoms with Gasteiger partial charge < -0.3 is 10.1 Å². The van der Waals surface area contributed by atoms with Crippen molar-refractivity contribution in [2.75, 3.05) is 0 Å². The van der Waals surface area contributed by atoms with Gasteiger partial charge in [-0.25, -0.2) is 9.97 Å². The molecule has 1 aromatic carbocycles. The van der Waals surface area contributed by atoms with Crippen LogP contribution >= 0.6 is 23.2 Å². The van der Waals surface area contributed by atoms with Gasteiger partial charge in [0.25, 0.3) is 5.91 Å². The first-order chi connectivity index (χ1) is 14.0. The lowest BCUT2D eigenvalue weighted by Gasteiger charge is -2.66. The topological polar surface area (TPSA) is 87.9 Å². The van der Waals surface area contributed by atoms with Gasteiger partial charge in [0, 0.05) is 35.3 Å². The molecular formula is C22H24Cl2N4O2. The van der Waals surface area contributed by atoms with Gasteiger partial charge in [-0.05, 0) is 29.7 Å². The third kappa shape index (κ3) is 3.73. The lowest BCUT2D eigenvalue weighted by molar-refractivity contribution is -0.195. The van der Waals surface area contributed by atoms with Gasteiger partial charge in [0.15, 0.2) is 0 Å². The smallest absolute Gasteiger partial charge is 0.254 e. The summed E-state index contributed by atoms with van der Waals surface area (Å²) in [5.74, 6) is 0.562. The summed E-state index contributed by atoms with van der Waals surface area (Å²) in [6, 6.07) is 6.96. The van der Waals surface area contributed by atoms with E-state index in [-0.39, 0.29) is 40.1 Å². The molecule has 1 aliphatic rings. The van der Waals surface area contributed by atoms with Gasteiger partial charge in [-0.3, -0.25) is 4.79 Å². The molecule has 30 heavy (non-hydrogen) atoms. The van der Waals surface area contributed by atoms with Gasteiger partial charge in [-0.1, -0.05) is 46.2 Å². The molecule has 6 nitrogen and oxygen atoms in total. The number of halogens is 2. The highest BCUT2D eigenvalue weighted by Gasteiger charge is 2.67. The molecule has 0 radical (unpaired) electrons. The summed E-state index contributed by atoms with van der Waals surface area (Å²) in [5.41, 5.74) is 0.0539. The van der Waals surface area contributed by atoms with Gasteiger partial charge in [0.05, 0.1) is 16.1 Å². The SMILES string of the molecule is CC(C)C1(C)C(NC(=O)c2cnc(Cl)nc2)C(C)(C)C1Oc1ccc(C#N)c(Cl)c1. The first-order valence-corrected chi connectivity index (χ1v) is 10.4. The summed E-state index contributed by atoms with van der Waals surface area (Å²) < 4.78 is 6.37. The third-order valence-corrected chi connectivity index (χ3v) is 6.83. The molecule has 2 aromatic rings. The van der Waals surface area contributed by atoms with Crippen LogP contribution in [0.1, 0.15) is 50.5 Å². The molecule has 0 saturated heterocycles. The lowest BCUT2D eigenvalue weighted by atomic mass is 9.45. The van der Waals surface area contributed by atoms with E-state index in [0.29, 0.717) is 21.9 Å². The second-order valence-electron chi connectivity index (χ2n) is 8.74. The molecule has 3 unspecified atom stereocenters. The normalized spacial score (nSPS) is 24.6. The molecule has 0 spiro atoms. The zero-order chi connectivity index (χ0) is 22.3. The summed E-state index contributed by atoms with van der Waals surface area (Å²) in [4.78, 5) is 20.6. The van der Waals surface area contributed by atoms with E-state index in [9.17, 15) is 4.79 Å². The second kappa shape index (κ2) is 8.05. The number of carbonyl (C=O) groups is 1. The Morgan fingerprint density at radius 3 is 2.40 bits per heavy atom. The number of aromatic nitrogens is 2. The zero-order valence-corrected chi connectivity index (χ0v) is 19.0. The van der Waals surface area contributed by atoms with E-state index >= 15 is 0 Å². The van der Waals surface area contributed by atoms with Crippen LogP contribution in [-0.2, 0) is 0 Å². The summed E-state index contributed by atoms with van der Waals surface area (Å²) in [6.07, 6.45) is 2.65. The number of benzene rings is 1. The Bertz CT molecular complexity index is 1000. The van der Waals surface area contributed by atoms with E-state index in [1.165, 1.54) is 12.4 Å². The molecule has 3 atom stereocenters. The Morgan fingerprint density at radius 1 is 1.23 bits per heavy atom. The average molecular weight is 447 g/mol. The van der Waals surface area contributed by atoms with Crippen molar-refractivity contribution in [1.29, 1.82) is 5.26 Å². The largest absolute Gasteiger partial charge is 0.489 e. The minimum absolute atomic E-state index is 0.0945. The molecule has 1 fully saturated rings. The quantitative estimate of drug-likeness (QED) is 0.659. The van der Waals surface area contributed by atoms with Crippen LogP contribution in [0.25, 0.3) is 0 Å². The van der Waals surface area contributed by atoms with Gasteiger partial charge in [-0.15, -0.1) is 0 Å². The molecule has 1 amide bonds. The second-order valence-corrected chi connectivity index (χ2v) is 9.49. The van der Waals surface area contributed by atoms with Crippen LogP contribution in [0, 0.1) is 28.1 Å². The van der Waals surface area contributed by atoms with Crippen molar-refractivity contribution in [2.45, 2.75) is 46.8 Å². The molecule has 0 bridgehead atoms. The van der Waals surface area contributed by atoms with Crippen molar-refractivity contribution in [3.05, 3.63) is 52.0 Å². The van der Waals surface area contributed by atoms with Gasteiger partial charge in [0.2, 0.25) is 5.28 Å². The average Bonchev–Trinajstić information content (AvgIpc) is 2.70.